The topological polar surface area (TPSA) is 13.0 Å². The molecule has 3 heterocycles. The Kier molecular flexibility index (Phi) is 7.23. The lowest BCUT2D eigenvalue weighted by Gasteiger charge is -2.53. The predicted molar refractivity (Wildman–Crippen MR) is 116 cm³/mol. The number of nitrogens with zero attached hydrogens (tertiary/aromatic N) is 4. The molecule has 0 aliphatic carbocycles. The van der Waals surface area contributed by atoms with Gasteiger partial charge in [-0.05, 0) is 16.2 Å². The highest BCUT2D eigenvalue weighted by Gasteiger charge is 2.39. The second-order valence-corrected chi connectivity index (χ2v) is 14.2. The average molecular weight is 385 g/mol. The van der Waals surface area contributed by atoms with Gasteiger partial charge in [0.25, 0.3) is 0 Å². The molecule has 3 aliphatic heterocycles. The quantitative estimate of drug-likeness (QED) is 0.660. The molecule has 3 rings (SSSR count). The van der Waals surface area contributed by atoms with Gasteiger partial charge in [-0.1, -0.05) is 62.3 Å². The summed E-state index contributed by atoms with van der Waals surface area (Å²) in [6, 6.07) is 0. The van der Waals surface area contributed by atoms with Crippen molar-refractivity contribution in [3.05, 3.63) is 0 Å². The van der Waals surface area contributed by atoms with E-state index in [1.807, 2.05) is 0 Å². The van der Waals surface area contributed by atoms with Crippen LogP contribution in [0.1, 0.15) is 62.3 Å². The lowest BCUT2D eigenvalue weighted by atomic mass is 9.97. The minimum absolute atomic E-state index is 0.338. The molecule has 0 amide bonds. The zero-order chi connectivity index (χ0) is 19.8. The Morgan fingerprint density at radius 3 is 1.00 bits per heavy atom. The second kappa shape index (κ2) is 8.33. The molecule has 0 spiro atoms. The van der Waals surface area contributed by atoms with Gasteiger partial charge in [-0.2, -0.15) is 0 Å². The lowest BCUT2D eigenvalue weighted by molar-refractivity contribution is 0.127. The maximum absolute atomic E-state index is 2.85. The normalized spacial score (nSPS) is 28.0. The van der Waals surface area contributed by atoms with Gasteiger partial charge < -0.3 is 0 Å². The van der Waals surface area contributed by atoms with Gasteiger partial charge in [0.2, 0.25) is 0 Å². The fourth-order valence-corrected chi connectivity index (χ4v) is 7.51. The van der Waals surface area contributed by atoms with E-state index >= 15 is 0 Å². The van der Waals surface area contributed by atoms with Crippen LogP contribution < -0.4 is 0 Å². The molecule has 3 aliphatic rings. The van der Waals surface area contributed by atoms with Crippen LogP contribution in [0.3, 0.4) is 0 Å². The summed E-state index contributed by atoms with van der Waals surface area (Å²) < 4.78 is 8.54. The van der Waals surface area contributed by atoms with Crippen LogP contribution in [-0.4, -0.2) is 77.8 Å². The first-order valence-corrected chi connectivity index (χ1v) is 11.7. The molecule has 4 nitrogen and oxygen atoms in total. The van der Waals surface area contributed by atoms with Gasteiger partial charge >= 0.3 is 0 Å². The summed E-state index contributed by atoms with van der Waals surface area (Å²) in [4.78, 5) is 2.70. The van der Waals surface area contributed by atoms with Gasteiger partial charge in [0.05, 0.1) is 0 Å². The Balaban J connectivity index is 2.37. The first-order chi connectivity index (χ1) is 11.7. The molecule has 0 aromatic carbocycles. The van der Waals surface area contributed by atoms with Crippen molar-refractivity contribution < 1.29 is 0 Å². The Morgan fingerprint density at radius 2 is 0.769 bits per heavy atom. The molecule has 0 radical (unpaired) electrons. The van der Waals surface area contributed by atoms with Gasteiger partial charge in [0.1, 0.15) is 8.37 Å². The van der Waals surface area contributed by atoms with E-state index in [1.165, 1.54) is 58.9 Å². The number of hydrogen-bond donors (Lipinski definition) is 0. The zero-order valence-corrected chi connectivity index (χ0v) is 20.0. The maximum atomic E-state index is 2.85. The van der Waals surface area contributed by atoms with Crippen LogP contribution in [0.15, 0.2) is 0 Å². The molecule has 0 aromatic rings. The van der Waals surface area contributed by atoms with Crippen molar-refractivity contribution in [3.8, 4) is 0 Å². The lowest BCUT2D eigenvalue weighted by Crippen LogP contribution is -2.55. The van der Waals surface area contributed by atoms with E-state index in [4.69, 9.17) is 0 Å². The third kappa shape index (κ3) is 7.36. The third-order valence-corrected chi connectivity index (χ3v) is 7.29. The predicted octanol–water partition coefficient (Wildman–Crippen LogP) is 4.59. The van der Waals surface area contributed by atoms with E-state index in [2.05, 4.69) is 81.2 Å². The molecule has 26 heavy (non-hydrogen) atoms. The van der Waals surface area contributed by atoms with Crippen molar-refractivity contribution in [3.63, 3.8) is 0 Å². The van der Waals surface area contributed by atoms with Crippen LogP contribution in [0.2, 0.25) is 0 Å². The van der Waals surface area contributed by atoms with Crippen molar-refractivity contribution in [2.45, 2.75) is 62.3 Å². The molecule has 0 N–H and O–H groups in total. The summed E-state index contributed by atoms with van der Waals surface area (Å²) >= 11 is 0. The zero-order valence-electron chi connectivity index (χ0n) is 19.1. The standard InChI is InChI=1S/C21H45N4P/c1-19(2,3)16-23-13-10-22-11-14-24(17-20(4,5)6)26(23)25(15-12-22)18-21(7,8)9/h10-18H2,1-9H3. The summed E-state index contributed by atoms with van der Waals surface area (Å²) in [6.07, 6.45) is 0. The summed E-state index contributed by atoms with van der Waals surface area (Å²) in [5.74, 6) is 0. The van der Waals surface area contributed by atoms with E-state index in [0.29, 0.717) is 16.2 Å². The minimum Gasteiger partial charge on any atom is -0.299 e. The molecule has 0 atom stereocenters. The maximum Gasteiger partial charge on any atom is 0.120 e. The van der Waals surface area contributed by atoms with Crippen molar-refractivity contribution in [1.82, 2.24) is 18.9 Å². The van der Waals surface area contributed by atoms with Crippen LogP contribution in [0.4, 0.5) is 0 Å². The molecule has 0 aromatic heterocycles. The number of fused-ring (bicyclic) bond motifs is 6. The van der Waals surface area contributed by atoms with Crippen LogP contribution >= 0.6 is 8.37 Å². The highest BCUT2D eigenvalue weighted by Crippen LogP contribution is 2.52. The minimum atomic E-state index is -0.388. The third-order valence-electron chi connectivity index (χ3n) is 4.75. The molecule has 3 saturated heterocycles. The highest BCUT2D eigenvalue weighted by molar-refractivity contribution is 7.50. The van der Waals surface area contributed by atoms with E-state index in [1.54, 1.807) is 0 Å². The van der Waals surface area contributed by atoms with Crippen molar-refractivity contribution in [1.29, 1.82) is 0 Å². The van der Waals surface area contributed by atoms with Gasteiger partial charge in [-0.25, -0.2) is 0 Å². The van der Waals surface area contributed by atoms with Crippen molar-refractivity contribution >= 4 is 8.37 Å². The Bertz CT molecular complexity index is 380. The summed E-state index contributed by atoms with van der Waals surface area (Å²) in [7, 11) is -0.388. The second-order valence-electron chi connectivity index (χ2n) is 12.0. The first-order valence-electron chi connectivity index (χ1n) is 10.5. The molecule has 0 unspecified atom stereocenters. The SMILES string of the molecule is CC(C)(C)CN1CCN2CCN(CC(C)(C)C)P1N(CC(C)(C)C)CC2. The number of hydrogen-bond acceptors (Lipinski definition) is 4. The summed E-state index contributed by atoms with van der Waals surface area (Å²) in [5, 5.41) is 0. The molecule has 3 fully saturated rings. The molecule has 154 valence electrons. The van der Waals surface area contributed by atoms with Gasteiger partial charge in [-0.3, -0.25) is 18.9 Å². The van der Waals surface area contributed by atoms with Crippen LogP contribution in [0.5, 0.6) is 0 Å². The van der Waals surface area contributed by atoms with Crippen LogP contribution in [0.25, 0.3) is 0 Å². The Morgan fingerprint density at radius 1 is 0.500 bits per heavy atom. The van der Waals surface area contributed by atoms with Gasteiger partial charge in [0.15, 0.2) is 0 Å². The van der Waals surface area contributed by atoms with Crippen molar-refractivity contribution in [2.24, 2.45) is 16.2 Å². The molecule has 2 bridgehead atoms. The van der Waals surface area contributed by atoms with Crippen molar-refractivity contribution in [2.75, 3.05) is 58.9 Å². The van der Waals surface area contributed by atoms with Gasteiger partial charge in [-0.15, -0.1) is 0 Å². The first kappa shape index (κ1) is 22.6. The van der Waals surface area contributed by atoms with Gasteiger partial charge in [0, 0.05) is 58.9 Å². The fourth-order valence-electron chi connectivity index (χ4n) is 3.98. The molecular formula is C21H45N4P. The largest absolute Gasteiger partial charge is 0.299 e. The molecule has 5 heteroatoms. The Labute approximate surface area is 165 Å². The molecular weight excluding hydrogens is 339 g/mol. The average Bonchev–Trinajstić information content (AvgIpc) is 2.36. The van der Waals surface area contributed by atoms with Crippen LogP contribution in [-0.2, 0) is 0 Å². The van der Waals surface area contributed by atoms with E-state index in [9.17, 15) is 0 Å². The van der Waals surface area contributed by atoms with E-state index < -0.39 is 0 Å². The summed E-state index contributed by atoms with van der Waals surface area (Å²) in [6.45, 7) is 32.5. The van der Waals surface area contributed by atoms with Crippen LogP contribution in [0, 0.1) is 16.2 Å². The smallest absolute Gasteiger partial charge is 0.120 e. The summed E-state index contributed by atoms with van der Waals surface area (Å²) in [5.41, 5.74) is 1.01. The highest BCUT2D eigenvalue weighted by atomic mass is 31.2. The van der Waals surface area contributed by atoms with E-state index in [0.717, 1.165) is 0 Å². The monoisotopic (exact) mass is 384 g/mol. The number of rotatable bonds is 3. The Hall–Kier alpha value is 0.270. The fraction of sp³-hybridized carbons (Fsp3) is 1.00. The van der Waals surface area contributed by atoms with E-state index in [-0.39, 0.29) is 8.37 Å². The molecule has 0 saturated carbocycles.